The molecule has 0 amide bonds. The minimum atomic E-state index is -0.984. The van der Waals surface area contributed by atoms with Gasteiger partial charge < -0.3 is 9.84 Å². The predicted molar refractivity (Wildman–Crippen MR) is 129 cm³/mol. The van der Waals surface area contributed by atoms with Gasteiger partial charge in [-0.05, 0) is 58.0 Å². The van der Waals surface area contributed by atoms with Crippen LogP contribution in [-0.2, 0) is 9.59 Å². The van der Waals surface area contributed by atoms with Gasteiger partial charge in [0.1, 0.15) is 11.6 Å². The van der Waals surface area contributed by atoms with Gasteiger partial charge in [-0.25, -0.2) is 4.79 Å². The third-order valence-corrected chi connectivity index (χ3v) is 5.10. The first-order valence-electron chi connectivity index (χ1n) is 10.2. The van der Waals surface area contributed by atoms with Gasteiger partial charge in [-0.15, -0.1) is 11.6 Å². The molecular formula is C27H23ClO4. The number of ether oxygens (including phenoxy) is 1. The summed E-state index contributed by atoms with van der Waals surface area (Å²) in [6, 6.07) is 25.3. The highest BCUT2D eigenvalue weighted by Gasteiger charge is 2.14. The highest BCUT2D eigenvalue weighted by molar-refractivity contribution is 6.26. The van der Waals surface area contributed by atoms with E-state index in [4.69, 9.17) is 21.4 Å². The molecule has 0 aliphatic rings. The Morgan fingerprint density at radius 3 is 2.00 bits per heavy atom. The predicted octanol–water partition coefficient (Wildman–Crippen LogP) is 6.30. The average molecular weight is 447 g/mol. The minimum Gasteiger partial charge on any atom is -0.478 e. The molecule has 5 heteroatoms. The fraction of sp³-hybridized carbons (Fsp3) is 0.111. The van der Waals surface area contributed by atoms with Crippen molar-refractivity contribution in [2.75, 3.05) is 5.88 Å². The maximum absolute atomic E-state index is 11.5. The first kappa shape index (κ1) is 23.0. The summed E-state index contributed by atoms with van der Waals surface area (Å²) in [5.74, 6) is -1.25. The molecule has 162 valence electrons. The largest absolute Gasteiger partial charge is 0.478 e. The molecule has 0 aromatic heterocycles. The van der Waals surface area contributed by atoms with Crippen molar-refractivity contribution in [1.29, 1.82) is 0 Å². The minimum absolute atomic E-state index is 0.205. The molecule has 0 bridgehead atoms. The van der Waals surface area contributed by atoms with Crippen molar-refractivity contribution in [3.05, 3.63) is 107 Å². The van der Waals surface area contributed by atoms with Gasteiger partial charge in [0.25, 0.3) is 0 Å². The third kappa shape index (κ3) is 5.96. The number of esters is 1. The van der Waals surface area contributed by atoms with E-state index in [-0.39, 0.29) is 5.88 Å². The molecule has 0 heterocycles. The topological polar surface area (TPSA) is 63.6 Å². The molecule has 0 saturated carbocycles. The fourth-order valence-electron chi connectivity index (χ4n) is 3.46. The van der Waals surface area contributed by atoms with Crippen LogP contribution in [0.15, 0.2) is 84.9 Å². The van der Waals surface area contributed by atoms with E-state index < -0.39 is 11.9 Å². The molecule has 0 radical (unpaired) electrons. The first-order valence-corrected chi connectivity index (χ1v) is 10.7. The van der Waals surface area contributed by atoms with Crippen molar-refractivity contribution in [2.45, 2.75) is 13.3 Å². The number of alkyl halides is 1. The Balaban J connectivity index is 2.09. The maximum atomic E-state index is 11.5. The number of carbonyl (C=O) groups is 2. The molecule has 3 aromatic carbocycles. The van der Waals surface area contributed by atoms with Crippen molar-refractivity contribution in [2.24, 2.45) is 0 Å². The van der Waals surface area contributed by atoms with Gasteiger partial charge >= 0.3 is 11.9 Å². The summed E-state index contributed by atoms with van der Waals surface area (Å²) in [6.07, 6.45) is 3.49. The van der Waals surface area contributed by atoms with E-state index in [0.717, 1.165) is 40.3 Å². The van der Waals surface area contributed by atoms with Crippen molar-refractivity contribution < 1.29 is 19.4 Å². The lowest BCUT2D eigenvalue weighted by molar-refractivity contribution is -0.132. The first-order chi connectivity index (χ1) is 15.5. The molecule has 4 nitrogen and oxygen atoms in total. The number of hydrogen-bond donors (Lipinski definition) is 1. The molecule has 0 aliphatic heterocycles. The molecule has 0 fully saturated rings. The summed E-state index contributed by atoms with van der Waals surface area (Å²) >= 11 is 5.52. The van der Waals surface area contributed by atoms with Gasteiger partial charge in [-0.3, -0.25) is 4.79 Å². The molecular weight excluding hydrogens is 424 g/mol. The van der Waals surface area contributed by atoms with Gasteiger partial charge in [0, 0.05) is 6.08 Å². The van der Waals surface area contributed by atoms with Crippen LogP contribution in [0.25, 0.3) is 17.2 Å². The van der Waals surface area contributed by atoms with Crippen molar-refractivity contribution >= 4 is 40.8 Å². The lowest BCUT2D eigenvalue weighted by Gasteiger charge is -2.17. The molecule has 0 unspecified atom stereocenters. The normalized spacial score (nSPS) is 11.8. The van der Waals surface area contributed by atoms with Gasteiger partial charge in [0.15, 0.2) is 0 Å². The lowest BCUT2D eigenvalue weighted by atomic mass is 9.88. The van der Waals surface area contributed by atoms with E-state index in [1.165, 1.54) is 5.57 Å². The van der Waals surface area contributed by atoms with E-state index >= 15 is 0 Å². The van der Waals surface area contributed by atoms with E-state index in [1.54, 1.807) is 18.2 Å². The smallest absolute Gasteiger partial charge is 0.328 e. The summed E-state index contributed by atoms with van der Waals surface area (Å²) in [5.41, 5.74) is 6.13. The van der Waals surface area contributed by atoms with Crippen LogP contribution < -0.4 is 4.74 Å². The van der Waals surface area contributed by atoms with Crippen molar-refractivity contribution in [1.82, 2.24) is 0 Å². The lowest BCUT2D eigenvalue weighted by Crippen LogP contribution is -2.08. The number of allylic oxidation sites excluding steroid dienone is 1. The summed E-state index contributed by atoms with van der Waals surface area (Å²) < 4.78 is 5.19. The Kier molecular flexibility index (Phi) is 8.01. The fourth-order valence-corrected chi connectivity index (χ4v) is 3.51. The van der Waals surface area contributed by atoms with Gasteiger partial charge in [0.05, 0.1) is 0 Å². The van der Waals surface area contributed by atoms with Crippen LogP contribution in [0, 0.1) is 0 Å². The number of benzene rings is 3. The van der Waals surface area contributed by atoms with E-state index in [0.29, 0.717) is 5.75 Å². The Morgan fingerprint density at radius 1 is 0.875 bits per heavy atom. The second-order valence-electron chi connectivity index (χ2n) is 7.00. The molecule has 32 heavy (non-hydrogen) atoms. The standard InChI is InChI=1S/C27H23ClO4/c1-2-24(20-6-4-3-5-7-20)27(21-11-8-19(9-12-21)10-17-25(29)30)22-13-15-23(16-14-22)32-26(31)18-28/h3-17H,2,18H2,1H3,(H,29,30)/b17-10+,27-24-. The molecule has 3 rings (SSSR count). The number of carbonyl (C=O) groups excluding carboxylic acids is 1. The van der Waals surface area contributed by atoms with Crippen LogP contribution in [0.5, 0.6) is 5.75 Å². The zero-order valence-electron chi connectivity index (χ0n) is 17.6. The van der Waals surface area contributed by atoms with Gasteiger partial charge in [-0.1, -0.05) is 73.7 Å². The van der Waals surface area contributed by atoms with E-state index in [1.807, 2.05) is 54.6 Å². The van der Waals surface area contributed by atoms with Crippen molar-refractivity contribution in [3.8, 4) is 5.75 Å². The highest BCUT2D eigenvalue weighted by atomic mass is 35.5. The van der Waals surface area contributed by atoms with Crippen LogP contribution in [-0.4, -0.2) is 22.9 Å². The number of carboxylic acid groups (broad SMARTS) is 1. The summed E-state index contributed by atoms with van der Waals surface area (Å²) in [7, 11) is 0. The zero-order chi connectivity index (χ0) is 22.9. The maximum Gasteiger partial charge on any atom is 0.328 e. The van der Waals surface area contributed by atoms with Gasteiger partial charge in [-0.2, -0.15) is 0 Å². The van der Waals surface area contributed by atoms with E-state index in [9.17, 15) is 9.59 Å². The number of halogens is 1. The molecule has 0 aliphatic carbocycles. The van der Waals surface area contributed by atoms with Crippen LogP contribution >= 0.6 is 11.6 Å². The second-order valence-corrected chi connectivity index (χ2v) is 7.27. The number of rotatable bonds is 8. The summed E-state index contributed by atoms with van der Waals surface area (Å²) in [6.45, 7) is 2.11. The monoisotopic (exact) mass is 446 g/mol. The van der Waals surface area contributed by atoms with Crippen LogP contribution in [0.2, 0.25) is 0 Å². The molecule has 3 aromatic rings. The summed E-state index contributed by atoms with van der Waals surface area (Å²) in [4.78, 5) is 22.3. The third-order valence-electron chi connectivity index (χ3n) is 4.88. The highest BCUT2D eigenvalue weighted by Crippen LogP contribution is 2.35. The van der Waals surface area contributed by atoms with Crippen LogP contribution in [0.3, 0.4) is 0 Å². The number of aliphatic carboxylic acids is 1. The molecule has 0 atom stereocenters. The van der Waals surface area contributed by atoms with Gasteiger partial charge in [0.2, 0.25) is 0 Å². The Bertz CT molecular complexity index is 1130. The average Bonchev–Trinajstić information content (AvgIpc) is 2.82. The Morgan fingerprint density at radius 2 is 1.47 bits per heavy atom. The van der Waals surface area contributed by atoms with Crippen LogP contribution in [0.4, 0.5) is 0 Å². The van der Waals surface area contributed by atoms with Crippen molar-refractivity contribution in [3.63, 3.8) is 0 Å². The Hall–Kier alpha value is -3.63. The number of hydrogen-bond acceptors (Lipinski definition) is 3. The Labute approximate surface area is 192 Å². The summed E-state index contributed by atoms with van der Waals surface area (Å²) in [5, 5.41) is 8.86. The molecule has 1 N–H and O–H groups in total. The van der Waals surface area contributed by atoms with Crippen LogP contribution in [0.1, 0.15) is 35.6 Å². The SMILES string of the molecule is CC/C(=C(\c1ccc(/C=C/C(=O)O)cc1)c1ccc(OC(=O)CCl)cc1)c1ccccc1. The molecule has 0 saturated heterocycles. The van der Waals surface area contributed by atoms with E-state index in [2.05, 4.69) is 19.1 Å². The second kappa shape index (κ2) is 11.1. The zero-order valence-corrected chi connectivity index (χ0v) is 18.4. The number of carboxylic acids is 1. The molecule has 0 spiro atoms. The quantitative estimate of drug-likeness (QED) is 0.145.